The van der Waals surface area contributed by atoms with E-state index in [1.54, 1.807) is 13.4 Å². The van der Waals surface area contributed by atoms with E-state index < -0.39 is 0 Å². The number of benzene rings is 1. The lowest BCUT2D eigenvalue weighted by Crippen LogP contribution is -2.31. The van der Waals surface area contributed by atoms with Gasteiger partial charge in [-0.3, -0.25) is 4.79 Å². The van der Waals surface area contributed by atoms with Gasteiger partial charge in [0.1, 0.15) is 11.5 Å². The summed E-state index contributed by atoms with van der Waals surface area (Å²) in [4.78, 5) is 16.5. The van der Waals surface area contributed by atoms with Gasteiger partial charge in [-0.15, -0.1) is 0 Å². The molecule has 0 aliphatic carbocycles. The summed E-state index contributed by atoms with van der Waals surface area (Å²) in [6.07, 6.45) is 3.48. The van der Waals surface area contributed by atoms with Crippen LogP contribution < -0.4 is 10.1 Å². The van der Waals surface area contributed by atoms with Crippen LogP contribution in [0.4, 0.5) is 0 Å². The Kier molecular flexibility index (Phi) is 6.24. The molecule has 27 heavy (non-hydrogen) atoms. The van der Waals surface area contributed by atoms with E-state index in [0.29, 0.717) is 12.3 Å². The molecule has 3 aromatic rings. The number of thioether (sulfide) groups is 1. The molecule has 0 fully saturated rings. The van der Waals surface area contributed by atoms with Crippen LogP contribution in [0.25, 0.3) is 11.3 Å². The molecule has 2 heterocycles. The van der Waals surface area contributed by atoms with Gasteiger partial charge in [-0.1, -0.05) is 11.8 Å². The SMILES string of the molecule is COc1ccc(-c2cnc(SCC(=O)NC(C)C)n2Cc2ccco2)cc1. The highest BCUT2D eigenvalue weighted by atomic mass is 32.2. The van der Waals surface area contributed by atoms with Crippen molar-refractivity contribution < 1.29 is 13.9 Å². The van der Waals surface area contributed by atoms with Crippen LogP contribution in [0.2, 0.25) is 0 Å². The number of carbonyl (C=O) groups excluding carboxylic acids is 1. The molecule has 0 saturated carbocycles. The molecule has 1 N–H and O–H groups in total. The van der Waals surface area contributed by atoms with E-state index in [2.05, 4.69) is 14.9 Å². The molecular formula is C20H23N3O3S. The van der Waals surface area contributed by atoms with Gasteiger partial charge in [0.25, 0.3) is 0 Å². The molecule has 6 nitrogen and oxygen atoms in total. The summed E-state index contributed by atoms with van der Waals surface area (Å²) >= 11 is 1.42. The highest BCUT2D eigenvalue weighted by Crippen LogP contribution is 2.28. The third-order valence-electron chi connectivity index (χ3n) is 3.88. The molecule has 0 aliphatic rings. The first-order valence-electron chi connectivity index (χ1n) is 8.71. The van der Waals surface area contributed by atoms with E-state index in [1.165, 1.54) is 11.8 Å². The Labute approximate surface area is 162 Å². The summed E-state index contributed by atoms with van der Waals surface area (Å²) in [5.74, 6) is 1.94. The minimum atomic E-state index is -0.00598. The first-order valence-corrected chi connectivity index (χ1v) is 9.70. The van der Waals surface area contributed by atoms with Gasteiger partial charge < -0.3 is 19.0 Å². The summed E-state index contributed by atoms with van der Waals surface area (Å²) in [5.41, 5.74) is 1.98. The van der Waals surface area contributed by atoms with Gasteiger partial charge in [0.2, 0.25) is 5.91 Å². The van der Waals surface area contributed by atoms with Crippen molar-refractivity contribution in [2.24, 2.45) is 0 Å². The molecule has 0 atom stereocenters. The van der Waals surface area contributed by atoms with Crippen molar-refractivity contribution in [2.75, 3.05) is 12.9 Å². The Balaban J connectivity index is 1.86. The molecule has 0 aliphatic heterocycles. The number of nitrogens with one attached hydrogen (secondary N) is 1. The zero-order chi connectivity index (χ0) is 19.2. The molecule has 3 rings (SSSR count). The second-order valence-electron chi connectivity index (χ2n) is 6.33. The highest BCUT2D eigenvalue weighted by molar-refractivity contribution is 7.99. The van der Waals surface area contributed by atoms with Crippen LogP contribution in [0.15, 0.2) is 58.4 Å². The average molecular weight is 385 g/mol. The van der Waals surface area contributed by atoms with Gasteiger partial charge in [-0.25, -0.2) is 4.98 Å². The number of carbonyl (C=O) groups is 1. The number of furan rings is 1. The van der Waals surface area contributed by atoms with Gasteiger partial charge in [0.05, 0.1) is 37.6 Å². The maximum absolute atomic E-state index is 12.0. The molecular weight excluding hydrogens is 362 g/mol. The molecule has 0 unspecified atom stereocenters. The molecule has 0 spiro atoms. The number of amides is 1. The largest absolute Gasteiger partial charge is 0.497 e. The van der Waals surface area contributed by atoms with Gasteiger partial charge >= 0.3 is 0 Å². The van der Waals surface area contributed by atoms with Crippen LogP contribution in [-0.4, -0.2) is 34.4 Å². The van der Waals surface area contributed by atoms with E-state index in [-0.39, 0.29) is 11.9 Å². The normalized spacial score (nSPS) is 11.0. The number of hydrogen-bond acceptors (Lipinski definition) is 5. The maximum atomic E-state index is 12.0. The molecule has 7 heteroatoms. The van der Waals surface area contributed by atoms with E-state index >= 15 is 0 Å². The third-order valence-corrected chi connectivity index (χ3v) is 4.87. The van der Waals surface area contributed by atoms with Crippen molar-refractivity contribution in [2.45, 2.75) is 31.6 Å². The predicted molar refractivity (Wildman–Crippen MR) is 106 cm³/mol. The van der Waals surface area contributed by atoms with E-state index in [9.17, 15) is 4.79 Å². The molecule has 0 saturated heterocycles. The Morgan fingerprint density at radius 2 is 2.07 bits per heavy atom. The van der Waals surface area contributed by atoms with Gasteiger partial charge in [-0.05, 0) is 50.2 Å². The Morgan fingerprint density at radius 1 is 1.30 bits per heavy atom. The molecule has 142 valence electrons. The number of rotatable bonds is 8. The van der Waals surface area contributed by atoms with Crippen LogP contribution in [0, 0.1) is 0 Å². The lowest BCUT2D eigenvalue weighted by molar-refractivity contribution is -0.119. The van der Waals surface area contributed by atoms with Crippen molar-refractivity contribution in [3.63, 3.8) is 0 Å². The van der Waals surface area contributed by atoms with Crippen LogP contribution in [0.5, 0.6) is 5.75 Å². The van der Waals surface area contributed by atoms with Crippen molar-refractivity contribution >= 4 is 17.7 Å². The Bertz CT molecular complexity index is 871. The van der Waals surface area contributed by atoms with E-state index in [4.69, 9.17) is 9.15 Å². The number of aromatic nitrogens is 2. The van der Waals surface area contributed by atoms with Gasteiger partial charge in [-0.2, -0.15) is 0 Å². The number of nitrogens with zero attached hydrogens (tertiary/aromatic N) is 2. The number of methoxy groups -OCH3 is 1. The molecule has 2 aromatic heterocycles. The summed E-state index contributed by atoms with van der Waals surface area (Å²) < 4.78 is 12.8. The van der Waals surface area contributed by atoms with Crippen molar-refractivity contribution in [3.05, 3.63) is 54.6 Å². The minimum Gasteiger partial charge on any atom is -0.497 e. The van der Waals surface area contributed by atoms with Crippen LogP contribution in [0.1, 0.15) is 19.6 Å². The summed E-state index contributed by atoms with van der Waals surface area (Å²) in [6, 6.07) is 11.7. The fraction of sp³-hybridized carbons (Fsp3) is 0.300. The van der Waals surface area contributed by atoms with Crippen molar-refractivity contribution in [1.29, 1.82) is 0 Å². The fourth-order valence-corrected chi connectivity index (χ4v) is 3.46. The summed E-state index contributed by atoms with van der Waals surface area (Å²) in [6.45, 7) is 4.44. The molecule has 0 bridgehead atoms. The number of imidazole rings is 1. The smallest absolute Gasteiger partial charge is 0.230 e. The average Bonchev–Trinajstić information content (AvgIpc) is 3.30. The topological polar surface area (TPSA) is 69.3 Å². The monoisotopic (exact) mass is 385 g/mol. The standard InChI is InChI=1S/C20H23N3O3S/c1-14(2)22-19(24)13-27-20-21-11-18(15-6-8-16(25-3)9-7-15)23(20)12-17-5-4-10-26-17/h4-11,14H,12-13H2,1-3H3,(H,22,24). The summed E-state index contributed by atoms with van der Waals surface area (Å²) in [7, 11) is 1.65. The maximum Gasteiger partial charge on any atom is 0.230 e. The molecule has 1 aromatic carbocycles. The van der Waals surface area contributed by atoms with Gasteiger partial charge in [0, 0.05) is 11.6 Å². The number of hydrogen-bond donors (Lipinski definition) is 1. The van der Waals surface area contributed by atoms with E-state index in [0.717, 1.165) is 27.9 Å². The zero-order valence-electron chi connectivity index (χ0n) is 15.6. The lowest BCUT2D eigenvalue weighted by Gasteiger charge is -2.12. The minimum absolute atomic E-state index is 0.00598. The Hall–Kier alpha value is -2.67. The number of ether oxygens (including phenoxy) is 1. The second-order valence-corrected chi connectivity index (χ2v) is 7.27. The Morgan fingerprint density at radius 3 is 2.70 bits per heavy atom. The quantitative estimate of drug-likeness (QED) is 0.597. The highest BCUT2D eigenvalue weighted by Gasteiger charge is 2.15. The van der Waals surface area contributed by atoms with Crippen molar-refractivity contribution in [3.8, 4) is 17.0 Å². The fourth-order valence-electron chi connectivity index (χ4n) is 2.67. The second kappa shape index (κ2) is 8.81. The first-order chi connectivity index (χ1) is 13.1. The first kappa shape index (κ1) is 19.1. The third kappa shape index (κ3) is 4.95. The van der Waals surface area contributed by atoms with Crippen LogP contribution in [-0.2, 0) is 11.3 Å². The van der Waals surface area contributed by atoms with E-state index in [1.807, 2.05) is 56.4 Å². The van der Waals surface area contributed by atoms with Crippen LogP contribution >= 0.6 is 11.8 Å². The van der Waals surface area contributed by atoms with Gasteiger partial charge in [0.15, 0.2) is 5.16 Å². The zero-order valence-corrected chi connectivity index (χ0v) is 16.5. The predicted octanol–water partition coefficient (Wildman–Crippen LogP) is 3.82. The van der Waals surface area contributed by atoms with Crippen molar-refractivity contribution in [1.82, 2.24) is 14.9 Å². The molecule has 1 amide bonds. The summed E-state index contributed by atoms with van der Waals surface area (Å²) in [5, 5.41) is 3.67. The lowest BCUT2D eigenvalue weighted by atomic mass is 10.1. The van der Waals surface area contributed by atoms with Crippen LogP contribution in [0.3, 0.4) is 0 Å². The molecule has 0 radical (unpaired) electrons.